The molecule has 0 unspecified atom stereocenters. The van der Waals surface area contributed by atoms with Crippen molar-refractivity contribution in [3.63, 3.8) is 0 Å². The molecule has 0 bridgehead atoms. The van der Waals surface area contributed by atoms with Gasteiger partial charge in [0.1, 0.15) is 0 Å². The first-order valence-corrected chi connectivity index (χ1v) is 9.27. The van der Waals surface area contributed by atoms with Gasteiger partial charge in [-0.25, -0.2) is 13.1 Å². The van der Waals surface area contributed by atoms with Crippen LogP contribution in [0.3, 0.4) is 0 Å². The highest BCUT2D eigenvalue weighted by Crippen LogP contribution is 2.37. The molecule has 0 radical (unpaired) electrons. The number of hydrogen-bond acceptors (Lipinski definition) is 4. The maximum absolute atomic E-state index is 13.0. The zero-order valence-corrected chi connectivity index (χ0v) is 12.9. The lowest BCUT2D eigenvalue weighted by Crippen LogP contribution is -2.35. The Kier molecular flexibility index (Phi) is 3.22. The maximum Gasteiger partial charge on any atom is 0.250 e. The molecule has 2 fully saturated rings. The summed E-state index contributed by atoms with van der Waals surface area (Å²) in [5.41, 5.74) is 0. The van der Waals surface area contributed by atoms with Crippen LogP contribution in [0.15, 0.2) is 11.1 Å². The fraction of sp³-hybridized carbons (Fsp3) is 0.786. The predicted octanol–water partition coefficient (Wildman–Crippen LogP) is 1.48. The molecule has 0 atom stereocenters. The Morgan fingerprint density at radius 1 is 1.24 bits per heavy atom. The second-order valence-corrected chi connectivity index (χ2v) is 8.35. The second kappa shape index (κ2) is 4.98. The first kappa shape index (κ1) is 13.6. The molecule has 1 aromatic rings. The van der Waals surface area contributed by atoms with E-state index in [1.807, 2.05) is 0 Å². The van der Waals surface area contributed by atoms with Crippen LogP contribution >= 0.6 is 0 Å². The lowest BCUT2D eigenvalue weighted by Gasteiger charge is -2.23. The molecular formula is C14H21N3O3S. The molecule has 1 aromatic heterocycles. The van der Waals surface area contributed by atoms with Gasteiger partial charge in [-0.2, -0.15) is 9.40 Å². The van der Waals surface area contributed by atoms with E-state index in [-0.39, 0.29) is 4.90 Å². The number of hydrogen-bond donors (Lipinski definition) is 0. The highest BCUT2D eigenvalue weighted by atomic mass is 32.2. The molecule has 2 heterocycles. The largest absolute Gasteiger partial charge is 0.477 e. The van der Waals surface area contributed by atoms with Crippen LogP contribution in [-0.2, 0) is 16.6 Å². The Bertz CT molecular complexity index is 618. The summed E-state index contributed by atoms with van der Waals surface area (Å²) in [4.78, 5) is 0.253. The van der Waals surface area contributed by atoms with Crippen molar-refractivity contribution < 1.29 is 13.2 Å². The fourth-order valence-electron chi connectivity index (χ4n) is 2.81. The second-order valence-electron chi connectivity index (χ2n) is 6.45. The first-order valence-electron chi connectivity index (χ1n) is 7.83. The average molecular weight is 311 g/mol. The number of aromatic nitrogens is 2. The van der Waals surface area contributed by atoms with Gasteiger partial charge in [0.05, 0.1) is 12.8 Å². The van der Waals surface area contributed by atoms with Crippen molar-refractivity contribution in [1.82, 2.24) is 14.1 Å². The van der Waals surface area contributed by atoms with Gasteiger partial charge >= 0.3 is 0 Å². The number of aryl methyl sites for hydroxylation is 1. The third kappa shape index (κ3) is 2.68. The van der Waals surface area contributed by atoms with E-state index < -0.39 is 10.0 Å². The monoisotopic (exact) mass is 311 g/mol. The SMILES string of the molecule is O=S(=O)(c1cnn2c1OCCC2)N(CC1CC1)CC1CC1. The molecule has 0 aromatic carbocycles. The van der Waals surface area contributed by atoms with Gasteiger partial charge in [0.25, 0.3) is 0 Å². The van der Waals surface area contributed by atoms with E-state index in [1.54, 1.807) is 8.99 Å². The van der Waals surface area contributed by atoms with Crippen LogP contribution in [0.25, 0.3) is 0 Å². The van der Waals surface area contributed by atoms with Crippen LogP contribution in [0.4, 0.5) is 0 Å². The Morgan fingerprint density at radius 3 is 2.52 bits per heavy atom. The molecule has 0 N–H and O–H groups in total. The highest BCUT2D eigenvalue weighted by Gasteiger charge is 2.38. The minimum atomic E-state index is -3.48. The van der Waals surface area contributed by atoms with Gasteiger partial charge in [0, 0.05) is 26.1 Å². The third-order valence-electron chi connectivity index (χ3n) is 4.45. The zero-order valence-electron chi connectivity index (χ0n) is 12.1. The van der Waals surface area contributed by atoms with E-state index in [0.717, 1.165) is 38.6 Å². The van der Waals surface area contributed by atoms with Crippen molar-refractivity contribution in [2.24, 2.45) is 11.8 Å². The normalized spacial score (nSPS) is 22.1. The van der Waals surface area contributed by atoms with E-state index in [9.17, 15) is 8.42 Å². The molecule has 7 heteroatoms. The molecule has 116 valence electrons. The topological polar surface area (TPSA) is 64.4 Å². The number of fused-ring (bicyclic) bond motifs is 1. The summed E-state index contributed by atoms with van der Waals surface area (Å²) in [6.07, 6.45) is 6.95. The molecule has 21 heavy (non-hydrogen) atoms. The Balaban J connectivity index is 1.64. The van der Waals surface area contributed by atoms with Crippen molar-refractivity contribution in [2.75, 3.05) is 19.7 Å². The van der Waals surface area contributed by atoms with Crippen molar-refractivity contribution in [1.29, 1.82) is 0 Å². The molecule has 3 aliphatic rings. The minimum absolute atomic E-state index is 0.253. The number of rotatable bonds is 6. The van der Waals surface area contributed by atoms with Gasteiger partial charge in [0.15, 0.2) is 4.90 Å². The van der Waals surface area contributed by atoms with Crippen molar-refractivity contribution >= 4 is 10.0 Å². The maximum atomic E-state index is 13.0. The summed E-state index contributed by atoms with van der Waals surface area (Å²) in [6.45, 7) is 2.61. The Labute approximate surface area is 125 Å². The quantitative estimate of drug-likeness (QED) is 0.798. The van der Waals surface area contributed by atoms with Crippen LogP contribution in [0.1, 0.15) is 32.1 Å². The van der Waals surface area contributed by atoms with Gasteiger partial charge in [0.2, 0.25) is 15.9 Å². The lowest BCUT2D eigenvalue weighted by molar-refractivity contribution is 0.223. The summed E-state index contributed by atoms with van der Waals surface area (Å²) in [7, 11) is -3.48. The lowest BCUT2D eigenvalue weighted by atomic mass is 10.4. The summed E-state index contributed by atoms with van der Waals surface area (Å²) >= 11 is 0. The molecular weight excluding hydrogens is 290 g/mol. The van der Waals surface area contributed by atoms with Gasteiger partial charge < -0.3 is 4.74 Å². The molecule has 2 saturated carbocycles. The summed E-state index contributed by atoms with van der Waals surface area (Å²) < 4.78 is 34.9. The third-order valence-corrected chi connectivity index (χ3v) is 6.26. The van der Waals surface area contributed by atoms with E-state index in [4.69, 9.17) is 4.74 Å². The summed E-state index contributed by atoms with van der Waals surface area (Å²) in [5, 5.41) is 4.18. The fourth-order valence-corrected chi connectivity index (χ4v) is 4.47. The number of ether oxygens (including phenoxy) is 1. The standard InChI is InChI=1S/C14H21N3O3S/c18-21(19,13-8-15-17-6-1-7-20-14(13)17)16(9-11-2-3-11)10-12-4-5-12/h8,11-12H,1-7,9-10H2. The first-order chi connectivity index (χ1) is 10.1. The molecule has 0 amide bonds. The van der Waals surface area contributed by atoms with E-state index >= 15 is 0 Å². The van der Waals surface area contributed by atoms with Gasteiger partial charge in [-0.3, -0.25) is 0 Å². The van der Waals surface area contributed by atoms with Crippen LogP contribution in [0, 0.1) is 11.8 Å². The molecule has 4 rings (SSSR count). The van der Waals surface area contributed by atoms with E-state index in [2.05, 4.69) is 5.10 Å². The van der Waals surface area contributed by atoms with Gasteiger partial charge in [-0.05, 0) is 37.5 Å². The Morgan fingerprint density at radius 2 is 1.90 bits per heavy atom. The van der Waals surface area contributed by atoms with Crippen molar-refractivity contribution in [3.8, 4) is 5.88 Å². The van der Waals surface area contributed by atoms with Crippen molar-refractivity contribution in [2.45, 2.75) is 43.5 Å². The van der Waals surface area contributed by atoms with Crippen molar-refractivity contribution in [3.05, 3.63) is 6.20 Å². The van der Waals surface area contributed by atoms with E-state index in [1.165, 1.54) is 6.20 Å². The predicted molar refractivity (Wildman–Crippen MR) is 76.5 cm³/mol. The van der Waals surface area contributed by atoms with E-state index in [0.29, 0.717) is 37.4 Å². The smallest absolute Gasteiger partial charge is 0.250 e. The Hall–Kier alpha value is -1.08. The molecule has 1 aliphatic heterocycles. The number of sulfonamides is 1. The van der Waals surface area contributed by atoms with Crippen LogP contribution in [0.5, 0.6) is 5.88 Å². The average Bonchev–Trinajstić information content (AvgIpc) is 3.38. The van der Waals surface area contributed by atoms with Gasteiger partial charge in [-0.1, -0.05) is 0 Å². The van der Waals surface area contributed by atoms with Crippen LogP contribution < -0.4 is 4.74 Å². The molecule has 6 nitrogen and oxygen atoms in total. The zero-order chi connectivity index (χ0) is 14.4. The summed E-state index contributed by atoms with van der Waals surface area (Å²) in [5.74, 6) is 1.52. The van der Waals surface area contributed by atoms with Gasteiger partial charge in [-0.15, -0.1) is 0 Å². The van der Waals surface area contributed by atoms with Crippen LogP contribution in [-0.4, -0.2) is 42.2 Å². The minimum Gasteiger partial charge on any atom is -0.477 e. The summed E-state index contributed by atoms with van der Waals surface area (Å²) in [6, 6.07) is 0. The number of nitrogens with zero attached hydrogens (tertiary/aromatic N) is 3. The van der Waals surface area contributed by atoms with Crippen LogP contribution in [0.2, 0.25) is 0 Å². The molecule has 0 saturated heterocycles. The highest BCUT2D eigenvalue weighted by molar-refractivity contribution is 7.89. The molecule has 2 aliphatic carbocycles. The molecule has 0 spiro atoms.